The SMILES string of the molecule is Cn1[nH]c(-c2ccc([N+](=O)[O-])cc2)cc1=O. The molecule has 0 aliphatic carbocycles. The Bertz CT molecular complexity index is 580. The highest BCUT2D eigenvalue weighted by molar-refractivity contribution is 5.60. The van der Waals surface area contributed by atoms with Gasteiger partial charge in [-0.3, -0.25) is 24.7 Å². The van der Waals surface area contributed by atoms with Gasteiger partial charge < -0.3 is 0 Å². The van der Waals surface area contributed by atoms with Crippen LogP contribution in [0, 0.1) is 10.1 Å². The first kappa shape index (κ1) is 10.2. The van der Waals surface area contributed by atoms with Gasteiger partial charge in [0.05, 0.1) is 10.6 Å². The molecular formula is C10H9N3O3. The van der Waals surface area contributed by atoms with Crippen LogP contribution >= 0.6 is 0 Å². The molecule has 0 radical (unpaired) electrons. The van der Waals surface area contributed by atoms with Crippen molar-refractivity contribution in [2.75, 3.05) is 0 Å². The van der Waals surface area contributed by atoms with Gasteiger partial charge in [-0.15, -0.1) is 0 Å². The molecule has 0 aliphatic rings. The van der Waals surface area contributed by atoms with E-state index in [0.717, 1.165) is 5.56 Å². The first-order valence-electron chi connectivity index (χ1n) is 4.59. The molecule has 1 heterocycles. The smallest absolute Gasteiger partial charge is 0.269 e. The summed E-state index contributed by atoms with van der Waals surface area (Å²) in [6, 6.07) is 7.45. The number of nitrogens with one attached hydrogen (secondary N) is 1. The fourth-order valence-corrected chi connectivity index (χ4v) is 1.40. The van der Waals surface area contributed by atoms with Crippen molar-refractivity contribution in [1.29, 1.82) is 0 Å². The van der Waals surface area contributed by atoms with Crippen molar-refractivity contribution in [3.63, 3.8) is 0 Å². The standard InChI is InChI=1S/C10H9N3O3/c1-12-10(14)6-9(11-12)7-2-4-8(5-3-7)13(15)16/h2-6,11H,1H3. The number of non-ortho nitro benzene ring substituents is 1. The molecule has 1 aromatic carbocycles. The minimum absolute atomic E-state index is 0.0297. The monoisotopic (exact) mass is 219 g/mol. The van der Waals surface area contributed by atoms with Crippen molar-refractivity contribution in [2.45, 2.75) is 0 Å². The van der Waals surface area contributed by atoms with Crippen molar-refractivity contribution >= 4 is 5.69 Å². The van der Waals surface area contributed by atoms with Gasteiger partial charge in [0.2, 0.25) is 0 Å². The van der Waals surface area contributed by atoms with E-state index in [0.29, 0.717) is 5.69 Å². The second-order valence-electron chi connectivity index (χ2n) is 3.37. The molecule has 16 heavy (non-hydrogen) atoms. The zero-order valence-electron chi connectivity index (χ0n) is 8.51. The van der Waals surface area contributed by atoms with Gasteiger partial charge in [-0.25, -0.2) is 0 Å². The lowest BCUT2D eigenvalue weighted by molar-refractivity contribution is -0.384. The Balaban J connectivity index is 2.42. The van der Waals surface area contributed by atoms with Gasteiger partial charge in [0.15, 0.2) is 0 Å². The summed E-state index contributed by atoms with van der Waals surface area (Å²) in [6.45, 7) is 0. The summed E-state index contributed by atoms with van der Waals surface area (Å²) in [5.41, 5.74) is 1.26. The topological polar surface area (TPSA) is 80.9 Å². The third kappa shape index (κ3) is 1.72. The minimum Gasteiger partial charge on any atom is -0.295 e. The summed E-state index contributed by atoms with van der Waals surface area (Å²) in [5, 5.41) is 13.3. The molecule has 0 saturated heterocycles. The number of benzene rings is 1. The summed E-state index contributed by atoms with van der Waals surface area (Å²) in [7, 11) is 1.61. The number of nitro groups is 1. The molecule has 2 aromatic rings. The van der Waals surface area contributed by atoms with Crippen LogP contribution in [0.1, 0.15) is 0 Å². The van der Waals surface area contributed by atoms with E-state index in [-0.39, 0.29) is 11.2 Å². The normalized spacial score (nSPS) is 10.3. The summed E-state index contributed by atoms with van der Waals surface area (Å²) in [6.07, 6.45) is 0. The van der Waals surface area contributed by atoms with Crippen LogP contribution in [0.15, 0.2) is 35.1 Å². The quantitative estimate of drug-likeness (QED) is 0.610. The fraction of sp³-hybridized carbons (Fsp3) is 0.100. The molecule has 1 aromatic heterocycles. The first-order valence-corrected chi connectivity index (χ1v) is 4.59. The molecule has 0 amide bonds. The molecule has 0 fully saturated rings. The highest BCUT2D eigenvalue weighted by Gasteiger charge is 2.07. The molecule has 0 saturated carbocycles. The number of nitro benzene ring substituents is 1. The molecule has 0 unspecified atom stereocenters. The molecule has 0 aliphatic heterocycles. The Labute approximate surface area is 90.3 Å². The van der Waals surface area contributed by atoms with E-state index >= 15 is 0 Å². The van der Waals surface area contributed by atoms with Gasteiger partial charge >= 0.3 is 0 Å². The van der Waals surface area contributed by atoms with Crippen LogP contribution < -0.4 is 5.56 Å². The second-order valence-corrected chi connectivity index (χ2v) is 3.37. The van der Waals surface area contributed by atoms with Crippen LogP contribution in [0.25, 0.3) is 11.3 Å². The lowest BCUT2D eigenvalue weighted by Gasteiger charge is -1.97. The van der Waals surface area contributed by atoms with Gasteiger partial charge in [-0.2, -0.15) is 0 Å². The van der Waals surface area contributed by atoms with Gasteiger partial charge in [0, 0.05) is 30.8 Å². The highest BCUT2D eigenvalue weighted by Crippen LogP contribution is 2.19. The van der Waals surface area contributed by atoms with Crippen LogP contribution in [-0.4, -0.2) is 14.7 Å². The average molecular weight is 219 g/mol. The Morgan fingerprint density at radius 1 is 1.31 bits per heavy atom. The zero-order chi connectivity index (χ0) is 11.7. The number of aromatic amines is 1. The Hall–Kier alpha value is -2.37. The van der Waals surface area contributed by atoms with E-state index in [2.05, 4.69) is 5.10 Å². The molecule has 0 bridgehead atoms. The summed E-state index contributed by atoms with van der Waals surface area (Å²) in [5.74, 6) is 0. The summed E-state index contributed by atoms with van der Waals surface area (Å²) < 4.78 is 1.34. The summed E-state index contributed by atoms with van der Waals surface area (Å²) in [4.78, 5) is 21.2. The minimum atomic E-state index is -0.461. The largest absolute Gasteiger partial charge is 0.295 e. The molecule has 0 atom stereocenters. The van der Waals surface area contributed by atoms with E-state index in [4.69, 9.17) is 0 Å². The van der Waals surface area contributed by atoms with Crippen LogP contribution in [-0.2, 0) is 7.05 Å². The number of aryl methyl sites for hydroxylation is 1. The second kappa shape index (κ2) is 3.65. The van der Waals surface area contributed by atoms with Crippen LogP contribution in [0.2, 0.25) is 0 Å². The van der Waals surface area contributed by atoms with E-state index < -0.39 is 4.92 Å². The van der Waals surface area contributed by atoms with Gasteiger partial charge in [-0.05, 0) is 12.1 Å². The van der Waals surface area contributed by atoms with Crippen molar-refractivity contribution in [2.24, 2.45) is 7.05 Å². The van der Waals surface area contributed by atoms with Gasteiger partial charge in [0.1, 0.15) is 0 Å². The molecule has 2 rings (SSSR count). The number of hydrogen-bond donors (Lipinski definition) is 1. The van der Waals surface area contributed by atoms with Gasteiger partial charge in [0.25, 0.3) is 11.2 Å². The predicted octanol–water partition coefficient (Wildman–Crippen LogP) is 1.29. The van der Waals surface area contributed by atoms with Crippen LogP contribution in [0.3, 0.4) is 0 Å². The maximum Gasteiger partial charge on any atom is 0.269 e. The van der Waals surface area contributed by atoms with Crippen molar-refractivity contribution in [3.8, 4) is 11.3 Å². The number of nitrogens with zero attached hydrogens (tertiary/aromatic N) is 2. The molecular weight excluding hydrogens is 210 g/mol. The molecule has 6 heteroatoms. The predicted molar refractivity (Wildman–Crippen MR) is 58.1 cm³/mol. The third-order valence-electron chi connectivity index (χ3n) is 2.28. The first-order chi connectivity index (χ1) is 7.58. The third-order valence-corrected chi connectivity index (χ3v) is 2.28. The molecule has 6 nitrogen and oxygen atoms in total. The maximum absolute atomic E-state index is 11.2. The molecule has 0 spiro atoms. The van der Waals surface area contributed by atoms with Crippen LogP contribution in [0.4, 0.5) is 5.69 Å². The highest BCUT2D eigenvalue weighted by atomic mass is 16.6. The Kier molecular flexibility index (Phi) is 2.32. The lowest BCUT2D eigenvalue weighted by atomic mass is 10.1. The maximum atomic E-state index is 11.2. The van der Waals surface area contributed by atoms with E-state index in [1.807, 2.05) is 0 Å². The number of hydrogen-bond acceptors (Lipinski definition) is 3. The number of aromatic nitrogens is 2. The molecule has 82 valence electrons. The van der Waals surface area contributed by atoms with Gasteiger partial charge in [-0.1, -0.05) is 0 Å². The van der Waals surface area contributed by atoms with E-state index in [1.165, 1.54) is 22.9 Å². The number of rotatable bonds is 2. The van der Waals surface area contributed by atoms with Crippen LogP contribution in [0.5, 0.6) is 0 Å². The Morgan fingerprint density at radius 2 is 1.94 bits per heavy atom. The number of H-pyrrole nitrogens is 1. The van der Waals surface area contributed by atoms with Crippen molar-refractivity contribution in [3.05, 3.63) is 50.8 Å². The summed E-state index contributed by atoms with van der Waals surface area (Å²) >= 11 is 0. The zero-order valence-corrected chi connectivity index (χ0v) is 8.51. The van der Waals surface area contributed by atoms with E-state index in [9.17, 15) is 14.9 Å². The Morgan fingerprint density at radius 3 is 2.38 bits per heavy atom. The fourth-order valence-electron chi connectivity index (χ4n) is 1.40. The molecule has 1 N–H and O–H groups in total. The average Bonchev–Trinajstić information content (AvgIpc) is 2.59. The van der Waals surface area contributed by atoms with Crippen molar-refractivity contribution in [1.82, 2.24) is 9.78 Å². The van der Waals surface area contributed by atoms with Crippen molar-refractivity contribution < 1.29 is 4.92 Å². The lowest BCUT2D eigenvalue weighted by Crippen LogP contribution is -2.09. The van der Waals surface area contributed by atoms with E-state index in [1.54, 1.807) is 19.2 Å².